The third-order valence-electron chi connectivity index (χ3n) is 2.09. The van der Waals surface area contributed by atoms with E-state index in [1.165, 1.54) is 6.42 Å². The molecule has 0 aromatic rings. The van der Waals surface area contributed by atoms with Gasteiger partial charge in [0.05, 0.1) is 12.5 Å². The smallest absolute Gasteiger partial charge is 0.105 e. The molecule has 0 N–H and O–H groups in total. The molecule has 66 valence electrons. The van der Waals surface area contributed by atoms with Gasteiger partial charge in [-0.15, -0.1) is 11.6 Å². The molecule has 1 aliphatic heterocycles. The van der Waals surface area contributed by atoms with E-state index < -0.39 is 0 Å². The van der Waals surface area contributed by atoms with Gasteiger partial charge < -0.3 is 9.47 Å². The summed E-state index contributed by atoms with van der Waals surface area (Å²) < 4.78 is 10.7. The second-order valence-corrected chi connectivity index (χ2v) is 3.32. The summed E-state index contributed by atoms with van der Waals surface area (Å²) in [5.41, 5.74) is -0.186. The Bertz CT molecular complexity index is 105. The van der Waals surface area contributed by atoms with Crippen LogP contribution in [0.4, 0.5) is 0 Å². The van der Waals surface area contributed by atoms with Crippen LogP contribution >= 0.6 is 11.6 Å². The van der Waals surface area contributed by atoms with Crippen LogP contribution in [0.1, 0.15) is 19.3 Å². The molecular formula is C8H15ClO2. The van der Waals surface area contributed by atoms with Crippen molar-refractivity contribution in [3.8, 4) is 0 Å². The van der Waals surface area contributed by atoms with E-state index in [1.54, 1.807) is 7.11 Å². The minimum atomic E-state index is -0.186. The maximum atomic E-state index is 5.81. The molecule has 1 heterocycles. The minimum Gasteiger partial charge on any atom is -0.382 e. The molecule has 1 rings (SSSR count). The van der Waals surface area contributed by atoms with E-state index in [0.717, 1.165) is 19.4 Å². The maximum absolute atomic E-state index is 5.81. The van der Waals surface area contributed by atoms with E-state index in [2.05, 4.69) is 0 Å². The molecule has 3 heteroatoms. The molecule has 1 saturated heterocycles. The van der Waals surface area contributed by atoms with E-state index in [-0.39, 0.29) is 5.60 Å². The van der Waals surface area contributed by atoms with E-state index in [9.17, 15) is 0 Å². The lowest BCUT2D eigenvalue weighted by Crippen LogP contribution is -2.42. The summed E-state index contributed by atoms with van der Waals surface area (Å²) in [6, 6.07) is 0. The van der Waals surface area contributed by atoms with Gasteiger partial charge in [-0.2, -0.15) is 0 Å². The number of rotatable bonds is 3. The Morgan fingerprint density at radius 2 is 2.36 bits per heavy atom. The van der Waals surface area contributed by atoms with Gasteiger partial charge in [-0.3, -0.25) is 0 Å². The van der Waals surface area contributed by atoms with Crippen molar-refractivity contribution in [1.29, 1.82) is 0 Å². The van der Waals surface area contributed by atoms with E-state index in [4.69, 9.17) is 21.1 Å². The van der Waals surface area contributed by atoms with Gasteiger partial charge in [-0.25, -0.2) is 0 Å². The van der Waals surface area contributed by atoms with Gasteiger partial charge >= 0.3 is 0 Å². The lowest BCUT2D eigenvalue weighted by atomic mass is 9.97. The lowest BCUT2D eigenvalue weighted by molar-refractivity contribution is -0.100. The first-order chi connectivity index (χ1) is 5.33. The number of hydrogen-bond acceptors (Lipinski definition) is 2. The second kappa shape index (κ2) is 4.29. The predicted octanol–water partition coefficient (Wildman–Crippen LogP) is 1.81. The fraction of sp³-hybridized carbons (Fsp3) is 1.00. The van der Waals surface area contributed by atoms with Crippen molar-refractivity contribution in [1.82, 2.24) is 0 Å². The van der Waals surface area contributed by atoms with Gasteiger partial charge in [0.1, 0.15) is 5.60 Å². The lowest BCUT2D eigenvalue weighted by Gasteiger charge is -2.34. The Balaban J connectivity index is 2.42. The van der Waals surface area contributed by atoms with Crippen molar-refractivity contribution in [2.75, 3.05) is 26.2 Å². The van der Waals surface area contributed by atoms with Crippen molar-refractivity contribution < 1.29 is 9.47 Å². The van der Waals surface area contributed by atoms with E-state index in [0.29, 0.717) is 12.5 Å². The van der Waals surface area contributed by atoms with Gasteiger partial charge in [0.2, 0.25) is 0 Å². The van der Waals surface area contributed by atoms with Crippen molar-refractivity contribution in [3.63, 3.8) is 0 Å². The van der Waals surface area contributed by atoms with Crippen molar-refractivity contribution in [2.24, 2.45) is 0 Å². The van der Waals surface area contributed by atoms with Crippen LogP contribution < -0.4 is 0 Å². The fourth-order valence-electron chi connectivity index (χ4n) is 1.43. The molecule has 0 saturated carbocycles. The number of methoxy groups -OCH3 is 1. The molecule has 0 bridgehead atoms. The molecule has 0 aromatic carbocycles. The summed E-state index contributed by atoms with van der Waals surface area (Å²) in [5, 5.41) is 0. The number of ether oxygens (including phenoxy) is 2. The fourth-order valence-corrected chi connectivity index (χ4v) is 1.72. The first-order valence-electron chi connectivity index (χ1n) is 4.02. The summed E-state index contributed by atoms with van der Waals surface area (Å²) >= 11 is 5.81. The van der Waals surface area contributed by atoms with Gasteiger partial charge in [0.15, 0.2) is 0 Å². The number of alkyl halides is 1. The SMILES string of the molecule is COCC1(CCl)CCCCO1. The third kappa shape index (κ3) is 2.32. The van der Waals surface area contributed by atoms with Crippen LogP contribution in [0.25, 0.3) is 0 Å². The summed E-state index contributed by atoms with van der Waals surface area (Å²) in [6.07, 6.45) is 3.39. The third-order valence-corrected chi connectivity index (χ3v) is 2.57. The zero-order valence-electron chi connectivity index (χ0n) is 6.94. The molecule has 1 fully saturated rings. The van der Waals surface area contributed by atoms with Crippen LogP contribution in [0.5, 0.6) is 0 Å². The van der Waals surface area contributed by atoms with Crippen LogP contribution in [-0.4, -0.2) is 31.8 Å². The quantitative estimate of drug-likeness (QED) is 0.614. The average Bonchev–Trinajstić information content (AvgIpc) is 2.07. The zero-order valence-corrected chi connectivity index (χ0v) is 7.69. The molecule has 0 aliphatic carbocycles. The Morgan fingerprint density at radius 1 is 1.55 bits per heavy atom. The highest BCUT2D eigenvalue weighted by Crippen LogP contribution is 2.26. The predicted molar refractivity (Wildman–Crippen MR) is 45.1 cm³/mol. The van der Waals surface area contributed by atoms with Gasteiger partial charge in [0, 0.05) is 13.7 Å². The highest BCUT2D eigenvalue weighted by atomic mass is 35.5. The highest BCUT2D eigenvalue weighted by Gasteiger charge is 2.32. The van der Waals surface area contributed by atoms with Crippen LogP contribution in [0.3, 0.4) is 0 Å². The van der Waals surface area contributed by atoms with Crippen LogP contribution in [0, 0.1) is 0 Å². The standard InChI is InChI=1S/C8H15ClO2/c1-10-7-8(6-9)4-2-3-5-11-8/h2-7H2,1H3. The molecule has 1 unspecified atom stereocenters. The van der Waals surface area contributed by atoms with Gasteiger partial charge in [0.25, 0.3) is 0 Å². The van der Waals surface area contributed by atoms with E-state index >= 15 is 0 Å². The molecule has 11 heavy (non-hydrogen) atoms. The van der Waals surface area contributed by atoms with Crippen LogP contribution in [0.2, 0.25) is 0 Å². The molecule has 0 spiro atoms. The van der Waals surface area contributed by atoms with E-state index in [1.807, 2.05) is 0 Å². The molecule has 1 aliphatic rings. The highest BCUT2D eigenvalue weighted by molar-refractivity contribution is 6.18. The molecule has 2 nitrogen and oxygen atoms in total. The zero-order chi connectivity index (χ0) is 8.16. The normalized spacial score (nSPS) is 32.2. The van der Waals surface area contributed by atoms with Crippen molar-refractivity contribution in [2.45, 2.75) is 24.9 Å². The van der Waals surface area contributed by atoms with Crippen molar-refractivity contribution in [3.05, 3.63) is 0 Å². The largest absolute Gasteiger partial charge is 0.382 e. The summed E-state index contributed by atoms with van der Waals surface area (Å²) in [5.74, 6) is 0.543. The first kappa shape index (κ1) is 9.30. The Morgan fingerprint density at radius 3 is 2.82 bits per heavy atom. The van der Waals surface area contributed by atoms with Crippen LogP contribution in [0.15, 0.2) is 0 Å². The van der Waals surface area contributed by atoms with Crippen LogP contribution in [-0.2, 0) is 9.47 Å². The molecule has 1 atom stereocenters. The van der Waals surface area contributed by atoms with Gasteiger partial charge in [-0.1, -0.05) is 0 Å². The van der Waals surface area contributed by atoms with Crippen molar-refractivity contribution >= 4 is 11.6 Å². The molecule has 0 aromatic heterocycles. The second-order valence-electron chi connectivity index (χ2n) is 3.06. The maximum Gasteiger partial charge on any atom is 0.105 e. The minimum absolute atomic E-state index is 0.186. The average molecular weight is 179 g/mol. The molecule has 0 amide bonds. The summed E-state index contributed by atoms with van der Waals surface area (Å²) in [7, 11) is 1.69. The number of halogens is 1. The Kier molecular flexibility index (Phi) is 3.63. The molecule has 0 radical (unpaired) electrons. The Labute approximate surface area is 72.8 Å². The topological polar surface area (TPSA) is 18.5 Å². The first-order valence-corrected chi connectivity index (χ1v) is 4.55. The monoisotopic (exact) mass is 178 g/mol. The Hall–Kier alpha value is 0.210. The summed E-state index contributed by atoms with van der Waals surface area (Å²) in [4.78, 5) is 0. The summed E-state index contributed by atoms with van der Waals surface area (Å²) in [6.45, 7) is 1.45. The molecular weight excluding hydrogens is 164 g/mol. The van der Waals surface area contributed by atoms with Gasteiger partial charge in [-0.05, 0) is 19.3 Å². The number of hydrogen-bond donors (Lipinski definition) is 0.